The number of halogens is 3. The molecule has 1 heterocycles. The zero-order valence-electron chi connectivity index (χ0n) is 6.39. The van der Waals surface area contributed by atoms with Crippen LogP contribution in [-0.4, -0.2) is 4.98 Å². The number of hydrogen-bond donors (Lipinski definition) is 0. The zero-order chi connectivity index (χ0) is 9.42. The first kappa shape index (κ1) is 9.62. The van der Waals surface area contributed by atoms with Crippen molar-refractivity contribution in [3.63, 3.8) is 0 Å². The van der Waals surface area contributed by atoms with E-state index in [1.165, 1.54) is 0 Å². The molecule has 0 fully saturated rings. The summed E-state index contributed by atoms with van der Waals surface area (Å²) in [5.41, 5.74) is 0. The highest BCUT2D eigenvalue weighted by molar-refractivity contribution is 9.11. The van der Waals surface area contributed by atoms with Gasteiger partial charge in [-0.05, 0) is 37.9 Å². The van der Waals surface area contributed by atoms with Gasteiger partial charge < -0.3 is 0 Å². The molecular weight excluding hydrogens is 362 g/mol. The van der Waals surface area contributed by atoms with E-state index in [0.29, 0.717) is 0 Å². The Kier molecular flexibility index (Phi) is 2.72. The van der Waals surface area contributed by atoms with Crippen molar-refractivity contribution >= 4 is 58.6 Å². The highest BCUT2D eigenvalue weighted by Crippen LogP contribution is 2.33. The van der Waals surface area contributed by atoms with E-state index >= 15 is 0 Å². The fourth-order valence-electron chi connectivity index (χ4n) is 1.19. The smallest absolute Gasteiger partial charge is 0.113 e. The summed E-state index contributed by atoms with van der Waals surface area (Å²) in [7, 11) is 0. The van der Waals surface area contributed by atoms with Crippen LogP contribution in [0.4, 0.5) is 0 Å². The number of rotatable bonds is 0. The molecule has 2 rings (SSSR count). The predicted molar refractivity (Wildman–Crippen MR) is 64.8 cm³/mol. The molecule has 1 aromatic heterocycles. The Morgan fingerprint density at radius 2 is 1.77 bits per heavy atom. The second-order valence-electron chi connectivity index (χ2n) is 2.56. The Labute approximate surface area is 101 Å². The van der Waals surface area contributed by atoms with Gasteiger partial charge in [0.15, 0.2) is 0 Å². The van der Waals surface area contributed by atoms with Crippen LogP contribution in [0.3, 0.4) is 0 Å². The van der Waals surface area contributed by atoms with E-state index < -0.39 is 0 Å². The average Bonchev–Trinajstić information content (AvgIpc) is 2.12. The Morgan fingerprint density at radius 1 is 1.00 bits per heavy atom. The van der Waals surface area contributed by atoms with Gasteiger partial charge in [-0.2, -0.15) is 0 Å². The van der Waals surface area contributed by atoms with Crippen molar-refractivity contribution in [1.82, 2.24) is 4.98 Å². The van der Waals surface area contributed by atoms with Crippen LogP contribution in [0.25, 0.3) is 10.8 Å². The van der Waals surface area contributed by atoms with Crippen molar-refractivity contribution in [3.8, 4) is 0 Å². The van der Waals surface area contributed by atoms with Gasteiger partial charge in [-0.15, -0.1) is 0 Å². The van der Waals surface area contributed by atoms with Crippen molar-refractivity contribution in [3.05, 3.63) is 37.9 Å². The minimum Gasteiger partial charge on any atom is -0.248 e. The molecule has 0 atom stereocenters. The van der Waals surface area contributed by atoms with Crippen LogP contribution in [-0.2, 0) is 0 Å². The van der Waals surface area contributed by atoms with E-state index in [2.05, 4.69) is 52.8 Å². The molecular formula is C9H4Br3N. The molecule has 0 radical (unpaired) electrons. The van der Waals surface area contributed by atoms with Gasteiger partial charge in [-0.1, -0.05) is 28.1 Å². The molecule has 66 valence electrons. The van der Waals surface area contributed by atoms with E-state index in [9.17, 15) is 0 Å². The molecule has 0 bridgehead atoms. The number of pyridine rings is 1. The summed E-state index contributed by atoms with van der Waals surface area (Å²) in [6, 6.07) is 6.03. The lowest BCUT2D eigenvalue weighted by Gasteiger charge is -2.03. The Bertz CT molecular complexity index is 459. The summed E-state index contributed by atoms with van der Waals surface area (Å²) in [6.45, 7) is 0. The Hall–Kier alpha value is 0.0700. The SMILES string of the molecule is Brc1ncc(Br)c2c(Br)cccc12. The first-order chi connectivity index (χ1) is 6.20. The van der Waals surface area contributed by atoms with Gasteiger partial charge in [0.25, 0.3) is 0 Å². The van der Waals surface area contributed by atoms with E-state index in [-0.39, 0.29) is 0 Å². The highest BCUT2D eigenvalue weighted by Gasteiger charge is 2.05. The van der Waals surface area contributed by atoms with Gasteiger partial charge in [0, 0.05) is 25.9 Å². The van der Waals surface area contributed by atoms with Crippen molar-refractivity contribution in [2.45, 2.75) is 0 Å². The third-order valence-electron chi connectivity index (χ3n) is 1.77. The van der Waals surface area contributed by atoms with Crippen LogP contribution < -0.4 is 0 Å². The minimum atomic E-state index is 0.868. The van der Waals surface area contributed by atoms with Gasteiger partial charge in [-0.3, -0.25) is 0 Å². The molecule has 0 aliphatic rings. The second-order valence-corrected chi connectivity index (χ2v) is 5.02. The maximum absolute atomic E-state index is 4.20. The molecule has 1 nitrogen and oxygen atoms in total. The average molecular weight is 366 g/mol. The van der Waals surface area contributed by atoms with E-state index in [1.807, 2.05) is 18.2 Å². The molecule has 0 aliphatic carbocycles. The maximum atomic E-state index is 4.20. The fraction of sp³-hybridized carbons (Fsp3) is 0. The highest BCUT2D eigenvalue weighted by atomic mass is 79.9. The standard InChI is InChI=1S/C9H4Br3N/c10-6-3-1-2-5-8(6)7(11)4-13-9(5)12/h1-4H. The van der Waals surface area contributed by atoms with Gasteiger partial charge in [0.2, 0.25) is 0 Å². The third kappa shape index (κ3) is 1.67. The number of benzene rings is 1. The van der Waals surface area contributed by atoms with E-state index in [1.54, 1.807) is 6.20 Å². The number of hydrogen-bond acceptors (Lipinski definition) is 1. The lowest BCUT2D eigenvalue weighted by molar-refractivity contribution is 1.30. The molecule has 0 aliphatic heterocycles. The molecule has 0 N–H and O–H groups in total. The van der Waals surface area contributed by atoms with Crippen LogP contribution in [0.2, 0.25) is 0 Å². The van der Waals surface area contributed by atoms with Gasteiger partial charge in [-0.25, -0.2) is 4.98 Å². The summed E-state index contributed by atoms with van der Waals surface area (Å²) < 4.78 is 2.94. The van der Waals surface area contributed by atoms with Crippen molar-refractivity contribution < 1.29 is 0 Å². The van der Waals surface area contributed by atoms with E-state index in [4.69, 9.17) is 0 Å². The molecule has 13 heavy (non-hydrogen) atoms. The van der Waals surface area contributed by atoms with E-state index in [0.717, 1.165) is 24.3 Å². The molecule has 0 saturated carbocycles. The summed E-state index contributed by atoms with van der Waals surface area (Å²) >= 11 is 10.4. The number of nitrogens with zero attached hydrogens (tertiary/aromatic N) is 1. The zero-order valence-corrected chi connectivity index (χ0v) is 11.1. The number of aromatic nitrogens is 1. The largest absolute Gasteiger partial charge is 0.248 e. The van der Waals surface area contributed by atoms with Gasteiger partial charge in [0.1, 0.15) is 4.60 Å². The summed E-state index contributed by atoms with van der Waals surface area (Å²) in [5, 5.41) is 2.24. The van der Waals surface area contributed by atoms with Crippen molar-refractivity contribution in [1.29, 1.82) is 0 Å². The minimum absolute atomic E-state index is 0.868. The third-order valence-corrected chi connectivity index (χ3v) is 3.66. The Balaban J connectivity index is 3.00. The summed E-state index contributed by atoms with van der Waals surface area (Å²) in [4.78, 5) is 4.20. The van der Waals surface area contributed by atoms with Crippen molar-refractivity contribution in [2.24, 2.45) is 0 Å². The Morgan fingerprint density at radius 3 is 2.46 bits per heavy atom. The second kappa shape index (κ2) is 3.67. The normalized spacial score (nSPS) is 10.7. The quantitative estimate of drug-likeness (QED) is 0.625. The molecule has 2 aromatic rings. The first-order valence-corrected chi connectivity index (χ1v) is 5.96. The summed E-state index contributed by atoms with van der Waals surface area (Å²) in [6.07, 6.45) is 1.79. The van der Waals surface area contributed by atoms with Crippen LogP contribution in [0.5, 0.6) is 0 Å². The van der Waals surface area contributed by atoms with Gasteiger partial charge >= 0.3 is 0 Å². The number of fused-ring (bicyclic) bond motifs is 1. The summed E-state index contributed by atoms with van der Waals surface area (Å²) in [5.74, 6) is 0. The molecule has 0 saturated heterocycles. The monoisotopic (exact) mass is 363 g/mol. The van der Waals surface area contributed by atoms with Gasteiger partial charge in [0.05, 0.1) is 0 Å². The fourth-order valence-corrected chi connectivity index (χ4v) is 2.99. The molecule has 0 unspecified atom stereocenters. The molecule has 4 heteroatoms. The first-order valence-electron chi connectivity index (χ1n) is 3.58. The van der Waals surface area contributed by atoms with Crippen molar-refractivity contribution in [2.75, 3.05) is 0 Å². The maximum Gasteiger partial charge on any atom is 0.113 e. The molecule has 0 spiro atoms. The van der Waals surface area contributed by atoms with Crippen LogP contribution in [0.15, 0.2) is 37.9 Å². The lowest BCUT2D eigenvalue weighted by atomic mass is 10.2. The lowest BCUT2D eigenvalue weighted by Crippen LogP contribution is -1.82. The molecule has 1 aromatic carbocycles. The van der Waals surface area contributed by atoms with Crippen LogP contribution >= 0.6 is 47.8 Å². The predicted octanol–water partition coefficient (Wildman–Crippen LogP) is 4.52. The van der Waals surface area contributed by atoms with Crippen LogP contribution in [0.1, 0.15) is 0 Å². The van der Waals surface area contributed by atoms with Crippen LogP contribution in [0, 0.1) is 0 Å². The topological polar surface area (TPSA) is 12.9 Å². The molecule has 0 amide bonds.